The molecule has 0 radical (unpaired) electrons. The standard InChI is InChI=1S/C14H24ClN3/c1-4-6-12-9-13(18-11-17-12)16-10-14(2,3)7-5-8-15/h9,11H,4-8,10H2,1-3H3,(H,16,17,18). The SMILES string of the molecule is CCCc1cc(NCC(C)(C)CCCCl)ncn1. The Kier molecular flexibility index (Phi) is 6.41. The average molecular weight is 270 g/mol. The first kappa shape index (κ1) is 15.2. The lowest BCUT2D eigenvalue weighted by Crippen LogP contribution is -2.23. The van der Waals surface area contributed by atoms with Gasteiger partial charge in [0.1, 0.15) is 12.1 Å². The second-order valence-corrected chi connectivity index (χ2v) is 5.83. The summed E-state index contributed by atoms with van der Waals surface area (Å²) < 4.78 is 0. The van der Waals surface area contributed by atoms with Crippen molar-refractivity contribution in [1.82, 2.24) is 9.97 Å². The van der Waals surface area contributed by atoms with E-state index in [1.54, 1.807) is 6.33 Å². The van der Waals surface area contributed by atoms with Crippen molar-refractivity contribution in [3.05, 3.63) is 18.1 Å². The molecule has 0 atom stereocenters. The maximum atomic E-state index is 5.74. The molecule has 0 fully saturated rings. The third kappa shape index (κ3) is 5.67. The first-order chi connectivity index (χ1) is 8.57. The Labute approximate surface area is 115 Å². The highest BCUT2D eigenvalue weighted by Crippen LogP contribution is 2.23. The van der Waals surface area contributed by atoms with Gasteiger partial charge in [0, 0.05) is 24.2 Å². The van der Waals surface area contributed by atoms with Crippen LogP contribution in [0.2, 0.25) is 0 Å². The molecule has 0 unspecified atom stereocenters. The molecule has 1 aromatic heterocycles. The van der Waals surface area contributed by atoms with Crippen molar-refractivity contribution >= 4 is 17.4 Å². The van der Waals surface area contributed by atoms with E-state index in [9.17, 15) is 0 Å². The van der Waals surface area contributed by atoms with Crippen LogP contribution >= 0.6 is 11.6 Å². The lowest BCUT2D eigenvalue weighted by Gasteiger charge is -2.24. The van der Waals surface area contributed by atoms with Gasteiger partial charge in [0.25, 0.3) is 0 Å². The summed E-state index contributed by atoms with van der Waals surface area (Å²) in [5.41, 5.74) is 1.35. The molecule has 102 valence electrons. The zero-order chi connectivity index (χ0) is 13.4. The molecule has 0 saturated heterocycles. The number of rotatable bonds is 8. The van der Waals surface area contributed by atoms with Crippen LogP contribution in [0.4, 0.5) is 5.82 Å². The van der Waals surface area contributed by atoms with E-state index in [0.717, 1.165) is 49.6 Å². The Morgan fingerprint density at radius 3 is 2.78 bits per heavy atom. The Hall–Kier alpha value is -0.830. The van der Waals surface area contributed by atoms with E-state index in [1.807, 2.05) is 6.07 Å². The fourth-order valence-electron chi connectivity index (χ4n) is 1.85. The Morgan fingerprint density at radius 1 is 1.33 bits per heavy atom. The van der Waals surface area contributed by atoms with Gasteiger partial charge in [-0.25, -0.2) is 9.97 Å². The van der Waals surface area contributed by atoms with Crippen molar-refractivity contribution in [2.24, 2.45) is 5.41 Å². The van der Waals surface area contributed by atoms with Gasteiger partial charge in [0.15, 0.2) is 0 Å². The second-order valence-electron chi connectivity index (χ2n) is 5.45. The highest BCUT2D eigenvalue weighted by Gasteiger charge is 2.17. The van der Waals surface area contributed by atoms with Crippen LogP contribution in [0.15, 0.2) is 12.4 Å². The third-order valence-corrected chi connectivity index (χ3v) is 3.23. The van der Waals surface area contributed by atoms with Gasteiger partial charge in [-0.2, -0.15) is 0 Å². The molecule has 0 aliphatic carbocycles. The van der Waals surface area contributed by atoms with Gasteiger partial charge in [0.2, 0.25) is 0 Å². The molecule has 1 aromatic rings. The van der Waals surface area contributed by atoms with Crippen LogP contribution in [0.3, 0.4) is 0 Å². The molecule has 0 amide bonds. The number of alkyl halides is 1. The van der Waals surface area contributed by atoms with Gasteiger partial charge < -0.3 is 5.32 Å². The van der Waals surface area contributed by atoms with Crippen LogP contribution in [-0.4, -0.2) is 22.4 Å². The van der Waals surface area contributed by atoms with Gasteiger partial charge >= 0.3 is 0 Å². The molecule has 1 rings (SSSR count). The Bertz CT molecular complexity index is 353. The molecule has 1 heterocycles. The quantitative estimate of drug-likeness (QED) is 0.728. The fourth-order valence-corrected chi connectivity index (χ4v) is 1.98. The maximum absolute atomic E-state index is 5.74. The first-order valence-electron chi connectivity index (χ1n) is 6.68. The van der Waals surface area contributed by atoms with Crippen LogP contribution in [0.25, 0.3) is 0 Å². The smallest absolute Gasteiger partial charge is 0.129 e. The summed E-state index contributed by atoms with van der Waals surface area (Å²) in [4.78, 5) is 8.51. The Balaban J connectivity index is 2.49. The van der Waals surface area contributed by atoms with Crippen molar-refractivity contribution in [2.45, 2.75) is 46.5 Å². The predicted octanol–water partition coefficient (Wildman–Crippen LogP) is 3.89. The minimum absolute atomic E-state index is 0.241. The minimum Gasteiger partial charge on any atom is -0.369 e. The van der Waals surface area contributed by atoms with E-state index in [1.165, 1.54) is 0 Å². The zero-order valence-corrected chi connectivity index (χ0v) is 12.4. The van der Waals surface area contributed by atoms with Gasteiger partial charge in [-0.05, 0) is 24.7 Å². The van der Waals surface area contributed by atoms with Crippen molar-refractivity contribution in [3.8, 4) is 0 Å². The highest BCUT2D eigenvalue weighted by molar-refractivity contribution is 6.17. The van der Waals surface area contributed by atoms with E-state index in [-0.39, 0.29) is 5.41 Å². The number of halogens is 1. The monoisotopic (exact) mass is 269 g/mol. The normalized spacial score (nSPS) is 11.6. The molecule has 0 saturated carbocycles. The summed E-state index contributed by atoms with van der Waals surface area (Å²) in [6, 6.07) is 2.04. The van der Waals surface area contributed by atoms with Crippen LogP contribution in [-0.2, 0) is 6.42 Å². The molecule has 0 bridgehead atoms. The molecule has 0 aromatic carbocycles. The summed E-state index contributed by atoms with van der Waals surface area (Å²) in [6.07, 6.45) is 5.93. The number of nitrogens with one attached hydrogen (secondary N) is 1. The second kappa shape index (κ2) is 7.57. The van der Waals surface area contributed by atoms with E-state index >= 15 is 0 Å². The number of hydrogen-bond acceptors (Lipinski definition) is 3. The van der Waals surface area contributed by atoms with Crippen molar-refractivity contribution in [3.63, 3.8) is 0 Å². The number of hydrogen-bond donors (Lipinski definition) is 1. The summed E-state index contributed by atoms with van der Waals surface area (Å²) in [5, 5.41) is 3.40. The highest BCUT2D eigenvalue weighted by atomic mass is 35.5. The van der Waals surface area contributed by atoms with Gasteiger partial charge in [-0.3, -0.25) is 0 Å². The van der Waals surface area contributed by atoms with Gasteiger partial charge in [-0.1, -0.05) is 27.2 Å². The number of anilines is 1. The lowest BCUT2D eigenvalue weighted by molar-refractivity contribution is 0.355. The molecule has 3 nitrogen and oxygen atoms in total. The average Bonchev–Trinajstić information content (AvgIpc) is 2.35. The molecule has 0 aliphatic rings. The Morgan fingerprint density at radius 2 is 2.11 bits per heavy atom. The third-order valence-electron chi connectivity index (χ3n) is 2.97. The summed E-state index contributed by atoms with van der Waals surface area (Å²) >= 11 is 5.74. The van der Waals surface area contributed by atoms with E-state index < -0.39 is 0 Å². The minimum atomic E-state index is 0.241. The fraction of sp³-hybridized carbons (Fsp3) is 0.714. The van der Waals surface area contributed by atoms with Crippen molar-refractivity contribution in [1.29, 1.82) is 0 Å². The summed E-state index contributed by atoms with van der Waals surface area (Å²) in [5.74, 6) is 1.66. The molecule has 4 heteroatoms. The molecule has 18 heavy (non-hydrogen) atoms. The lowest BCUT2D eigenvalue weighted by atomic mass is 9.88. The van der Waals surface area contributed by atoms with E-state index in [2.05, 4.69) is 36.1 Å². The van der Waals surface area contributed by atoms with Crippen molar-refractivity contribution < 1.29 is 0 Å². The predicted molar refractivity (Wildman–Crippen MR) is 78.3 cm³/mol. The first-order valence-corrected chi connectivity index (χ1v) is 7.21. The molecular formula is C14H24ClN3. The van der Waals surface area contributed by atoms with E-state index in [4.69, 9.17) is 11.6 Å². The van der Waals surface area contributed by atoms with Gasteiger partial charge in [0.05, 0.1) is 0 Å². The van der Waals surface area contributed by atoms with Gasteiger partial charge in [-0.15, -0.1) is 11.6 Å². The molecule has 1 N–H and O–H groups in total. The van der Waals surface area contributed by atoms with Crippen LogP contribution in [0, 0.1) is 5.41 Å². The topological polar surface area (TPSA) is 37.8 Å². The van der Waals surface area contributed by atoms with Crippen molar-refractivity contribution in [2.75, 3.05) is 17.7 Å². The van der Waals surface area contributed by atoms with E-state index in [0.29, 0.717) is 0 Å². The molecular weight excluding hydrogens is 246 g/mol. The van der Waals surface area contributed by atoms with Crippen LogP contribution in [0.1, 0.15) is 45.7 Å². The number of nitrogens with zero attached hydrogens (tertiary/aromatic N) is 2. The summed E-state index contributed by atoms with van der Waals surface area (Å²) in [7, 11) is 0. The zero-order valence-electron chi connectivity index (χ0n) is 11.7. The number of aromatic nitrogens is 2. The summed E-state index contributed by atoms with van der Waals surface area (Å²) in [6.45, 7) is 7.57. The van der Waals surface area contributed by atoms with Crippen LogP contribution in [0.5, 0.6) is 0 Å². The maximum Gasteiger partial charge on any atom is 0.129 e. The molecule has 0 aliphatic heterocycles. The number of aryl methyl sites for hydroxylation is 1. The van der Waals surface area contributed by atoms with Crippen LogP contribution < -0.4 is 5.32 Å². The molecule has 0 spiro atoms. The largest absolute Gasteiger partial charge is 0.369 e.